The van der Waals surface area contributed by atoms with E-state index in [0.717, 1.165) is 3.57 Å². The van der Waals surface area contributed by atoms with E-state index in [1.807, 2.05) is 0 Å². The summed E-state index contributed by atoms with van der Waals surface area (Å²) in [7, 11) is 0. The van der Waals surface area contributed by atoms with E-state index in [1.165, 1.54) is 0 Å². The van der Waals surface area contributed by atoms with Crippen molar-refractivity contribution in [1.29, 1.82) is 0 Å². The average molecular weight is 340 g/mol. The van der Waals surface area contributed by atoms with Crippen molar-refractivity contribution in [2.75, 3.05) is 6.61 Å². The number of carbonyl (C=O) groups is 1. The number of hydrogen-bond acceptors (Lipinski definition) is 2. The minimum Gasteiger partial charge on any atom is -0.394 e. The van der Waals surface area contributed by atoms with Crippen LogP contribution in [0.4, 0.5) is 0 Å². The first kappa shape index (κ1) is 12.7. The molecule has 15 heavy (non-hydrogen) atoms. The van der Waals surface area contributed by atoms with E-state index in [1.54, 1.807) is 25.1 Å². The van der Waals surface area contributed by atoms with Crippen molar-refractivity contribution in [1.82, 2.24) is 5.32 Å². The Morgan fingerprint density at radius 2 is 2.33 bits per heavy atom. The van der Waals surface area contributed by atoms with E-state index in [2.05, 4.69) is 27.9 Å². The van der Waals surface area contributed by atoms with E-state index in [9.17, 15) is 4.79 Å². The Kier molecular flexibility index (Phi) is 4.82. The van der Waals surface area contributed by atoms with Crippen molar-refractivity contribution >= 4 is 40.1 Å². The number of aliphatic hydroxyl groups excluding tert-OH is 1. The Labute approximate surface area is 107 Å². The van der Waals surface area contributed by atoms with Crippen LogP contribution in [-0.2, 0) is 0 Å². The molecule has 0 aliphatic rings. The maximum Gasteiger partial charge on any atom is 0.252 e. The predicted octanol–water partition coefficient (Wildman–Crippen LogP) is 2.06. The molecule has 0 aliphatic carbocycles. The summed E-state index contributed by atoms with van der Waals surface area (Å²) in [6, 6.07) is 4.87. The standard InChI is InChI=1S/C10H11ClINO2/c1-6(5-14)13-10(15)8-4-7(11)2-3-9(8)12/h2-4,6,14H,5H2,1H3,(H,13,15). The third kappa shape index (κ3) is 3.62. The van der Waals surface area contributed by atoms with Crippen molar-refractivity contribution in [2.24, 2.45) is 0 Å². The van der Waals surface area contributed by atoms with Gasteiger partial charge in [0.2, 0.25) is 0 Å². The summed E-state index contributed by atoms with van der Waals surface area (Å²) in [4.78, 5) is 11.7. The van der Waals surface area contributed by atoms with Gasteiger partial charge in [0.25, 0.3) is 5.91 Å². The number of hydrogen-bond donors (Lipinski definition) is 2. The Balaban J connectivity index is 2.86. The minimum absolute atomic E-state index is 0.0805. The van der Waals surface area contributed by atoms with E-state index < -0.39 is 0 Å². The molecule has 1 amide bonds. The molecule has 0 saturated heterocycles. The van der Waals surface area contributed by atoms with Crippen LogP contribution in [0.3, 0.4) is 0 Å². The molecule has 0 spiro atoms. The van der Waals surface area contributed by atoms with Gasteiger partial charge in [0, 0.05) is 14.6 Å². The maximum absolute atomic E-state index is 11.7. The third-order valence-electron chi connectivity index (χ3n) is 1.82. The predicted molar refractivity (Wildman–Crippen MR) is 68.2 cm³/mol. The molecule has 0 radical (unpaired) electrons. The molecule has 0 bridgehead atoms. The second kappa shape index (κ2) is 5.67. The van der Waals surface area contributed by atoms with Gasteiger partial charge in [-0.15, -0.1) is 0 Å². The first-order valence-corrected chi connectivity index (χ1v) is 5.87. The molecule has 0 saturated carbocycles. The van der Waals surface area contributed by atoms with Crippen LogP contribution in [-0.4, -0.2) is 23.7 Å². The van der Waals surface area contributed by atoms with Crippen LogP contribution in [0.1, 0.15) is 17.3 Å². The molecule has 2 N–H and O–H groups in total. The highest BCUT2D eigenvalue weighted by atomic mass is 127. The van der Waals surface area contributed by atoms with Crippen LogP contribution in [0.25, 0.3) is 0 Å². The van der Waals surface area contributed by atoms with Gasteiger partial charge < -0.3 is 10.4 Å². The third-order valence-corrected chi connectivity index (χ3v) is 3.00. The SMILES string of the molecule is CC(CO)NC(=O)c1cc(Cl)ccc1I. The molecule has 0 fully saturated rings. The lowest BCUT2D eigenvalue weighted by atomic mass is 10.2. The lowest BCUT2D eigenvalue weighted by Crippen LogP contribution is -2.35. The van der Waals surface area contributed by atoms with Crippen molar-refractivity contribution < 1.29 is 9.90 Å². The molecule has 82 valence electrons. The number of amides is 1. The van der Waals surface area contributed by atoms with Crippen LogP contribution in [0.5, 0.6) is 0 Å². The van der Waals surface area contributed by atoms with Gasteiger partial charge in [0.1, 0.15) is 0 Å². The zero-order chi connectivity index (χ0) is 11.4. The summed E-state index contributed by atoms with van der Waals surface area (Å²) in [6.07, 6.45) is 0. The smallest absolute Gasteiger partial charge is 0.252 e. The highest BCUT2D eigenvalue weighted by Gasteiger charge is 2.12. The minimum atomic E-state index is -0.257. The molecular formula is C10H11ClINO2. The Bertz CT molecular complexity index is 370. The van der Waals surface area contributed by atoms with Crippen LogP contribution in [0, 0.1) is 3.57 Å². The molecule has 5 heteroatoms. The van der Waals surface area contributed by atoms with Crippen LogP contribution in [0.15, 0.2) is 18.2 Å². The van der Waals surface area contributed by atoms with Gasteiger partial charge in [-0.25, -0.2) is 0 Å². The molecule has 0 aliphatic heterocycles. The van der Waals surface area contributed by atoms with Crippen molar-refractivity contribution in [2.45, 2.75) is 13.0 Å². The van der Waals surface area contributed by atoms with E-state index in [-0.39, 0.29) is 18.6 Å². The van der Waals surface area contributed by atoms with E-state index in [4.69, 9.17) is 16.7 Å². The Morgan fingerprint density at radius 3 is 2.93 bits per heavy atom. The first-order valence-electron chi connectivity index (χ1n) is 4.41. The van der Waals surface area contributed by atoms with Crippen LogP contribution in [0.2, 0.25) is 5.02 Å². The summed E-state index contributed by atoms with van der Waals surface area (Å²) in [6.45, 7) is 1.65. The Morgan fingerprint density at radius 1 is 1.67 bits per heavy atom. The summed E-state index contributed by atoms with van der Waals surface area (Å²) in [5, 5.41) is 12.0. The van der Waals surface area contributed by atoms with E-state index in [0.29, 0.717) is 10.6 Å². The lowest BCUT2D eigenvalue weighted by Gasteiger charge is -2.11. The number of aliphatic hydroxyl groups is 1. The fourth-order valence-corrected chi connectivity index (χ4v) is 1.77. The molecule has 0 aromatic heterocycles. The summed E-state index contributed by atoms with van der Waals surface area (Å²) in [5.41, 5.74) is 0.531. The van der Waals surface area contributed by atoms with Gasteiger partial charge in [-0.2, -0.15) is 0 Å². The van der Waals surface area contributed by atoms with Crippen molar-refractivity contribution in [3.63, 3.8) is 0 Å². The van der Waals surface area contributed by atoms with Gasteiger partial charge in [0.15, 0.2) is 0 Å². The largest absolute Gasteiger partial charge is 0.394 e. The van der Waals surface area contributed by atoms with Crippen molar-refractivity contribution in [3.8, 4) is 0 Å². The quantitative estimate of drug-likeness (QED) is 0.828. The molecule has 1 aromatic carbocycles. The fraction of sp³-hybridized carbons (Fsp3) is 0.300. The molecule has 1 atom stereocenters. The molecule has 3 nitrogen and oxygen atoms in total. The zero-order valence-electron chi connectivity index (χ0n) is 8.13. The second-order valence-corrected chi connectivity index (χ2v) is 4.78. The molecule has 1 unspecified atom stereocenters. The highest BCUT2D eigenvalue weighted by molar-refractivity contribution is 14.1. The normalized spacial score (nSPS) is 12.3. The van der Waals surface area contributed by atoms with Gasteiger partial charge >= 0.3 is 0 Å². The summed E-state index contributed by atoms with van der Waals surface area (Å²) in [5.74, 6) is -0.219. The van der Waals surface area contributed by atoms with Gasteiger partial charge in [0.05, 0.1) is 12.2 Å². The average Bonchev–Trinajstić information content (AvgIpc) is 2.21. The van der Waals surface area contributed by atoms with Gasteiger partial charge in [-0.3, -0.25) is 4.79 Å². The van der Waals surface area contributed by atoms with Gasteiger partial charge in [-0.1, -0.05) is 11.6 Å². The summed E-state index contributed by atoms with van der Waals surface area (Å²) >= 11 is 7.87. The molecular weight excluding hydrogens is 328 g/mol. The van der Waals surface area contributed by atoms with Crippen molar-refractivity contribution in [3.05, 3.63) is 32.4 Å². The number of halogens is 2. The van der Waals surface area contributed by atoms with E-state index >= 15 is 0 Å². The zero-order valence-corrected chi connectivity index (χ0v) is 11.0. The Hall–Kier alpha value is -0.330. The molecule has 0 heterocycles. The molecule has 1 rings (SSSR count). The van der Waals surface area contributed by atoms with Crippen LogP contribution < -0.4 is 5.32 Å². The lowest BCUT2D eigenvalue weighted by molar-refractivity contribution is 0.0921. The second-order valence-electron chi connectivity index (χ2n) is 3.18. The topological polar surface area (TPSA) is 49.3 Å². The number of rotatable bonds is 3. The van der Waals surface area contributed by atoms with Gasteiger partial charge in [-0.05, 0) is 47.7 Å². The number of carbonyl (C=O) groups excluding carboxylic acids is 1. The fourth-order valence-electron chi connectivity index (χ4n) is 1.02. The van der Waals surface area contributed by atoms with Crippen LogP contribution >= 0.6 is 34.2 Å². The monoisotopic (exact) mass is 339 g/mol. The first-order chi connectivity index (χ1) is 7.04. The maximum atomic E-state index is 11.7. The number of nitrogens with one attached hydrogen (secondary N) is 1. The summed E-state index contributed by atoms with van der Waals surface area (Å²) < 4.78 is 0.833. The number of benzene rings is 1. The highest BCUT2D eigenvalue weighted by Crippen LogP contribution is 2.17. The molecule has 1 aromatic rings.